The van der Waals surface area contributed by atoms with E-state index < -0.39 is 0 Å². The number of aryl methyl sites for hydroxylation is 1. The summed E-state index contributed by atoms with van der Waals surface area (Å²) in [6.07, 6.45) is 3.47. The average Bonchev–Trinajstić information content (AvgIpc) is 2.57. The Morgan fingerprint density at radius 3 is 2.84 bits per heavy atom. The number of likely N-dealkylation sites (tertiary alicyclic amines) is 1. The van der Waals surface area contributed by atoms with Gasteiger partial charge in [-0.3, -0.25) is 10.1 Å². The fourth-order valence-corrected chi connectivity index (χ4v) is 2.53. The third kappa shape index (κ3) is 3.67. The molecule has 1 unspecified atom stereocenters. The molecule has 0 aromatic heterocycles. The van der Waals surface area contributed by atoms with E-state index in [1.54, 1.807) is 12.1 Å². The Morgan fingerprint density at radius 2 is 2.16 bits per heavy atom. The van der Waals surface area contributed by atoms with Gasteiger partial charge in [-0.2, -0.15) is 0 Å². The van der Waals surface area contributed by atoms with Crippen LogP contribution in [0.15, 0.2) is 18.2 Å². The second-order valence-electron chi connectivity index (χ2n) is 5.33. The number of anilines is 1. The highest BCUT2D eigenvalue weighted by molar-refractivity contribution is 5.55. The molecular formula is C14H21N3O2. The van der Waals surface area contributed by atoms with E-state index in [1.807, 2.05) is 13.0 Å². The quantitative estimate of drug-likeness (QED) is 0.673. The SMILES string of the molecule is Cc1cc([N+](=O)[O-])ccc1NC1CCCN(C)CC1. The first-order valence-electron chi connectivity index (χ1n) is 6.76. The molecular weight excluding hydrogens is 242 g/mol. The van der Waals surface area contributed by atoms with Gasteiger partial charge in [0.25, 0.3) is 5.69 Å². The summed E-state index contributed by atoms with van der Waals surface area (Å²) < 4.78 is 0. The summed E-state index contributed by atoms with van der Waals surface area (Å²) in [7, 11) is 2.15. The molecule has 0 bridgehead atoms. The van der Waals surface area contributed by atoms with Crippen molar-refractivity contribution in [2.45, 2.75) is 32.2 Å². The summed E-state index contributed by atoms with van der Waals surface area (Å²) in [4.78, 5) is 12.7. The zero-order chi connectivity index (χ0) is 13.8. The van der Waals surface area contributed by atoms with Gasteiger partial charge < -0.3 is 10.2 Å². The van der Waals surface area contributed by atoms with Gasteiger partial charge >= 0.3 is 0 Å². The van der Waals surface area contributed by atoms with Crippen LogP contribution in [-0.4, -0.2) is 36.0 Å². The van der Waals surface area contributed by atoms with Gasteiger partial charge in [0.15, 0.2) is 0 Å². The van der Waals surface area contributed by atoms with Crippen LogP contribution in [0, 0.1) is 17.0 Å². The lowest BCUT2D eigenvalue weighted by Gasteiger charge is -2.19. The monoisotopic (exact) mass is 263 g/mol. The standard InChI is InChI=1S/C14H21N3O2/c1-11-10-13(17(18)19)5-6-14(11)15-12-4-3-8-16(2)9-7-12/h5-6,10,12,15H,3-4,7-9H2,1-2H3. The zero-order valence-electron chi connectivity index (χ0n) is 11.6. The predicted octanol–water partition coefficient (Wildman–Crippen LogP) is 2.80. The molecule has 1 N–H and O–H groups in total. The first-order chi connectivity index (χ1) is 9.06. The number of rotatable bonds is 3. The van der Waals surface area contributed by atoms with E-state index in [4.69, 9.17) is 0 Å². The van der Waals surface area contributed by atoms with Gasteiger partial charge in [0.1, 0.15) is 0 Å². The molecule has 1 aromatic rings. The topological polar surface area (TPSA) is 58.4 Å². The van der Waals surface area contributed by atoms with Crippen molar-refractivity contribution in [1.29, 1.82) is 0 Å². The first kappa shape index (κ1) is 13.8. The highest BCUT2D eigenvalue weighted by Gasteiger charge is 2.16. The molecule has 0 amide bonds. The van der Waals surface area contributed by atoms with Crippen LogP contribution in [0.5, 0.6) is 0 Å². The number of benzene rings is 1. The molecule has 1 aromatic carbocycles. The van der Waals surface area contributed by atoms with E-state index in [9.17, 15) is 10.1 Å². The zero-order valence-corrected chi connectivity index (χ0v) is 11.6. The average molecular weight is 263 g/mol. The van der Waals surface area contributed by atoms with Crippen LogP contribution in [0.4, 0.5) is 11.4 Å². The number of nitrogens with zero attached hydrogens (tertiary/aromatic N) is 2. The minimum Gasteiger partial charge on any atom is -0.382 e. The Bertz CT molecular complexity index is 462. The van der Waals surface area contributed by atoms with E-state index in [0.29, 0.717) is 6.04 Å². The van der Waals surface area contributed by atoms with Crippen LogP contribution in [0.25, 0.3) is 0 Å². The predicted molar refractivity (Wildman–Crippen MR) is 76.6 cm³/mol. The molecule has 1 heterocycles. The van der Waals surface area contributed by atoms with Gasteiger partial charge in [-0.1, -0.05) is 0 Å². The second kappa shape index (κ2) is 6.02. The van der Waals surface area contributed by atoms with Crippen LogP contribution < -0.4 is 5.32 Å². The number of hydrogen-bond acceptors (Lipinski definition) is 4. The van der Waals surface area contributed by atoms with E-state index in [0.717, 1.165) is 37.2 Å². The number of hydrogen-bond donors (Lipinski definition) is 1. The maximum absolute atomic E-state index is 10.7. The summed E-state index contributed by atoms with van der Waals surface area (Å²) in [5.74, 6) is 0. The maximum atomic E-state index is 10.7. The Morgan fingerprint density at radius 1 is 1.37 bits per heavy atom. The highest BCUT2D eigenvalue weighted by Crippen LogP contribution is 2.23. The smallest absolute Gasteiger partial charge is 0.269 e. The van der Waals surface area contributed by atoms with Crippen LogP contribution >= 0.6 is 0 Å². The lowest BCUT2D eigenvalue weighted by Crippen LogP contribution is -2.23. The van der Waals surface area contributed by atoms with Crippen molar-refractivity contribution >= 4 is 11.4 Å². The fourth-order valence-electron chi connectivity index (χ4n) is 2.53. The Balaban J connectivity index is 2.04. The van der Waals surface area contributed by atoms with Crippen molar-refractivity contribution in [3.05, 3.63) is 33.9 Å². The minimum atomic E-state index is -0.350. The van der Waals surface area contributed by atoms with E-state index in [2.05, 4.69) is 17.3 Å². The van der Waals surface area contributed by atoms with E-state index in [1.165, 1.54) is 6.42 Å². The molecule has 5 nitrogen and oxygen atoms in total. The summed E-state index contributed by atoms with van der Waals surface area (Å²) in [6.45, 7) is 4.17. The molecule has 0 aliphatic carbocycles. The summed E-state index contributed by atoms with van der Waals surface area (Å²) in [5.41, 5.74) is 2.11. The Kier molecular flexibility index (Phi) is 4.37. The molecule has 19 heavy (non-hydrogen) atoms. The van der Waals surface area contributed by atoms with Crippen LogP contribution in [-0.2, 0) is 0 Å². The van der Waals surface area contributed by atoms with Gasteiger partial charge in [0.2, 0.25) is 0 Å². The van der Waals surface area contributed by atoms with Crippen LogP contribution in [0.3, 0.4) is 0 Å². The number of nitro groups is 1. The van der Waals surface area contributed by atoms with Crippen molar-refractivity contribution in [1.82, 2.24) is 4.90 Å². The van der Waals surface area contributed by atoms with Crippen molar-refractivity contribution in [2.75, 3.05) is 25.5 Å². The fraction of sp³-hybridized carbons (Fsp3) is 0.571. The lowest BCUT2D eigenvalue weighted by atomic mass is 10.1. The molecule has 0 spiro atoms. The molecule has 1 fully saturated rings. The number of non-ortho nitro benzene ring substituents is 1. The normalized spacial score (nSPS) is 20.8. The number of nitro benzene ring substituents is 1. The molecule has 5 heteroatoms. The first-order valence-corrected chi connectivity index (χ1v) is 6.76. The van der Waals surface area contributed by atoms with Crippen LogP contribution in [0.1, 0.15) is 24.8 Å². The molecule has 1 atom stereocenters. The van der Waals surface area contributed by atoms with Gasteiger partial charge in [0, 0.05) is 23.9 Å². The molecule has 1 aliphatic rings. The summed E-state index contributed by atoms with van der Waals surface area (Å²) >= 11 is 0. The second-order valence-corrected chi connectivity index (χ2v) is 5.33. The maximum Gasteiger partial charge on any atom is 0.269 e. The molecule has 0 saturated carbocycles. The van der Waals surface area contributed by atoms with Crippen molar-refractivity contribution in [2.24, 2.45) is 0 Å². The Labute approximate surface area is 113 Å². The van der Waals surface area contributed by atoms with E-state index in [-0.39, 0.29) is 10.6 Å². The van der Waals surface area contributed by atoms with Crippen LogP contribution in [0.2, 0.25) is 0 Å². The summed E-state index contributed by atoms with van der Waals surface area (Å²) in [5, 5.41) is 14.2. The van der Waals surface area contributed by atoms with Gasteiger partial charge in [-0.25, -0.2) is 0 Å². The van der Waals surface area contributed by atoms with Crippen molar-refractivity contribution in [3.8, 4) is 0 Å². The molecule has 0 radical (unpaired) electrons. The van der Waals surface area contributed by atoms with E-state index >= 15 is 0 Å². The third-order valence-electron chi connectivity index (χ3n) is 3.73. The summed E-state index contributed by atoms with van der Waals surface area (Å²) in [6, 6.07) is 5.48. The number of nitrogens with one attached hydrogen (secondary N) is 1. The highest BCUT2D eigenvalue weighted by atomic mass is 16.6. The Hall–Kier alpha value is -1.62. The molecule has 1 saturated heterocycles. The van der Waals surface area contributed by atoms with Gasteiger partial charge in [-0.15, -0.1) is 0 Å². The molecule has 1 aliphatic heterocycles. The van der Waals surface area contributed by atoms with Gasteiger partial charge in [-0.05, 0) is 58.0 Å². The molecule has 104 valence electrons. The van der Waals surface area contributed by atoms with Crippen molar-refractivity contribution < 1.29 is 4.92 Å². The lowest BCUT2D eigenvalue weighted by molar-refractivity contribution is -0.384. The van der Waals surface area contributed by atoms with Crippen molar-refractivity contribution in [3.63, 3.8) is 0 Å². The minimum absolute atomic E-state index is 0.156. The van der Waals surface area contributed by atoms with Gasteiger partial charge in [0.05, 0.1) is 4.92 Å². The largest absolute Gasteiger partial charge is 0.382 e. The third-order valence-corrected chi connectivity index (χ3v) is 3.73. The molecule has 2 rings (SSSR count).